The van der Waals surface area contributed by atoms with Crippen molar-refractivity contribution < 1.29 is 28.4 Å². The average molecular weight is 205 g/mol. The van der Waals surface area contributed by atoms with E-state index >= 15 is 0 Å². The molecule has 0 aliphatic carbocycles. The molecule has 0 aromatic heterocycles. The summed E-state index contributed by atoms with van der Waals surface area (Å²) in [5, 5.41) is 0. The Bertz CT molecular complexity index is 181. The molecule has 0 aromatic rings. The Morgan fingerprint density at radius 1 is 1.36 bits per heavy atom. The lowest BCUT2D eigenvalue weighted by atomic mass is 11.5. The molecule has 1 unspecified atom stereocenters. The van der Waals surface area contributed by atoms with Crippen LogP contribution in [0.25, 0.3) is 0 Å². The minimum atomic E-state index is -4.22. The van der Waals surface area contributed by atoms with Gasteiger partial charge in [-0.25, -0.2) is 4.62 Å². The predicted octanol–water partition coefficient (Wildman–Crippen LogP) is -0.542. The second-order valence-corrected chi connectivity index (χ2v) is 5.30. The van der Waals surface area contributed by atoms with Crippen LogP contribution in [0.4, 0.5) is 0 Å². The SMILES string of the molecule is CP(=O)(O)ONCP(=O)(O)O. The summed E-state index contributed by atoms with van der Waals surface area (Å²) in [6.07, 6.45) is -0.786. The second kappa shape index (κ2) is 3.78. The van der Waals surface area contributed by atoms with Crippen molar-refractivity contribution in [3.63, 3.8) is 0 Å². The van der Waals surface area contributed by atoms with E-state index in [4.69, 9.17) is 14.7 Å². The molecule has 0 aromatic carbocycles. The molecule has 0 aliphatic heterocycles. The normalized spacial score (nSPS) is 17.8. The molecule has 0 radical (unpaired) electrons. The van der Waals surface area contributed by atoms with Crippen molar-refractivity contribution in [1.29, 1.82) is 0 Å². The van der Waals surface area contributed by atoms with Gasteiger partial charge in [0.2, 0.25) is 0 Å². The molecule has 9 heteroatoms. The summed E-state index contributed by atoms with van der Waals surface area (Å²) < 4.78 is 24.4. The van der Waals surface area contributed by atoms with Crippen molar-refractivity contribution in [1.82, 2.24) is 5.48 Å². The quantitative estimate of drug-likeness (QED) is 0.359. The van der Waals surface area contributed by atoms with Gasteiger partial charge in [0.15, 0.2) is 0 Å². The summed E-state index contributed by atoms with van der Waals surface area (Å²) in [6.45, 7) is 0.889. The Hall–Kier alpha value is 0.260. The molecule has 0 aliphatic rings. The van der Waals surface area contributed by atoms with Crippen LogP contribution in [0.15, 0.2) is 0 Å². The Kier molecular flexibility index (Phi) is 3.87. The Balaban J connectivity index is 3.61. The minimum absolute atomic E-state index is 0.786. The number of rotatable bonds is 4. The van der Waals surface area contributed by atoms with Gasteiger partial charge in [-0.3, -0.25) is 9.13 Å². The van der Waals surface area contributed by atoms with Gasteiger partial charge in [0.05, 0.1) is 0 Å². The summed E-state index contributed by atoms with van der Waals surface area (Å²) in [5.74, 6) is 0. The Morgan fingerprint density at radius 3 is 2.09 bits per heavy atom. The van der Waals surface area contributed by atoms with Gasteiger partial charge in [-0.15, -0.1) is 0 Å². The maximum atomic E-state index is 10.3. The van der Waals surface area contributed by atoms with Crippen molar-refractivity contribution in [2.24, 2.45) is 0 Å². The van der Waals surface area contributed by atoms with Gasteiger partial charge in [0.1, 0.15) is 6.29 Å². The number of hydroxylamine groups is 1. The third-order valence-electron chi connectivity index (χ3n) is 0.504. The monoisotopic (exact) mass is 205 g/mol. The van der Waals surface area contributed by atoms with Gasteiger partial charge in [0.25, 0.3) is 0 Å². The van der Waals surface area contributed by atoms with Crippen LogP contribution in [0.3, 0.4) is 0 Å². The topological polar surface area (TPSA) is 116 Å². The minimum Gasteiger partial charge on any atom is -0.324 e. The Labute approximate surface area is 63.0 Å². The fourth-order valence-corrected chi connectivity index (χ4v) is 0.871. The number of nitrogens with one attached hydrogen (secondary N) is 1. The largest absolute Gasteiger partial charge is 0.341 e. The maximum absolute atomic E-state index is 10.3. The lowest BCUT2D eigenvalue weighted by molar-refractivity contribution is 0.178. The van der Waals surface area contributed by atoms with Crippen LogP contribution in [0, 0.1) is 0 Å². The zero-order chi connectivity index (χ0) is 9.12. The number of hydrogen-bond donors (Lipinski definition) is 4. The van der Waals surface area contributed by atoms with E-state index in [1.165, 1.54) is 0 Å². The van der Waals surface area contributed by atoms with E-state index < -0.39 is 21.5 Å². The predicted molar refractivity (Wildman–Crippen MR) is 36.9 cm³/mol. The fourth-order valence-electron chi connectivity index (χ4n) is 0.233. The molecule has 7 nitrogen and oxygen atoms in total. The standard InChI is InChI=1S/C2H9NO6P2/c1-10(4,5)9-3-2-11(6,7)8/h3H,2H2,1H3,(H,4,5)(H2,6,7,8). The van der Waals surface area contributed by atoms with Crippen molar-refractivity contribution in [2.75, 3.05) is 13.0 Å². The van der Waals surface area contributed by atoms with Crippen molar-refractivity contribution in [3.8, 4) is 0 Å². The molecule has 68 valence electrons. The summed E-state index contributed by atoms with van der Waals surface area (Å²) >= 11 is 0. The molecule has 0 saturated carbocycles. The van der Waals surface area contributed by atoms with E-state index in [9.17, 15) is 9.13 Å². The molecular weight excluding hydrogens is 196 g/mol. The molecule has 11 heavy (non-hydrogen) atoms. The van der Waals surface area contributed by atoms with Crippen molar-refractivity contribution >= 4 is 15.2 Å². The van der Waals surface area contributed by atoms with Crippen molar-refractivity contribution in [2.45, 2.75) is 0 Å². The molecule has 0 amide bonds. The molecular formula is C2H9NO6P2. The molecule has 0 spiro atoms. The van der Waals surface area contributed by atoms with Gasteiger partial charge in [-0.05, 0) is 0 Å². The van der Waals surface area contributed by atoms with E-state index in [-0.39, 0.29) is 0 Å². The van der Waals surface area contributed by atoms with E-state index in [2.05, 4.69) is 4.62 Å². The van der Waals surface area contributed by atoms with Gasteiger partial charge in [-0.2, -0.15) is 5.48 Å². The number of hydrogen-bond acceptors (Lipinski definition) is 4. The van der Waals surface area contributed by atoms with E-state index in [0.29, 0.717) is 0 Å². The molecule has 0 bridgehead atoms. The van der Waals surface area contributed by atoms with Crippen LogP contribution in [0.5, 0.6) is 0 Å². The highest BCUT2D eigenvalue weighted by Gasteiger charge is 2.15. The summed E-state index contributed by atoms with van der Waals surface area (Å²) in [5.41, 5.74) is 1.69. The van der Waals surface area contributed by atoms with Crippen LogP contribution in [0.1, 0.15) is 0 Å². The zero-order valence-corrected chi connectivity index (χ0v) is 7.46. The second-order valence-electron chi connectivity index (χ2n) is 1.86. The van der Waals surface area contributed by atoms with E-state index in [1.54, 1.807) is 5.48 Å². The first-order valence-electron chi connectivity index (χ1n) is 2.47. The van der Waals surface area contributed by atoms with Crippen LogP contribution >= 0.6 is 15.2 Å². The highest BCUT2D eigenvalue weighted by Crippen LogP contribution is 2.37. The van der Waals surface area contributed by atoms with Gasteiger partial charge in [0, 0.05) is 6.66 Å². The summed E-state index contributed by atoms with van der Waals surface area (Å²) in [4.78, 5) is 24.9. The maximum Gasteiger partial charge on any atom is 0.341 e. The van der Waals surface area contributed by atoms with E-state index in [1.807, 2.05) is 0 Å². The average Bonchev–Trinajstić information content (AvgIpc) is 1.55. The lowest BCUT2D eigenvalue weighted by Gasteiger charge is -2.07. The molecule has 0 saturated heterocycles. The molecule has 0 fully saturated rings. The fraction of sp³-hybridized carbons (Fsp3) is 1.00. The van der Waals surface area contributed by atoms with Crippen LogP contribution in [-0.2, 0) is 13.8 Å². The first-order chi connectivity index (χ1) is 4.71. The highest BCUT2D eigenvalue weighted by atomic mass is 31.2. The molecule has 1 atom stereocenters. The third-order valence-corrected chi connectivity index (χ3v) is 1.51. The van der Waals surface area contributed by atoms with Crippen LogP contribution < -0.4 is 5.48 Å². The van der Waals surface area contributed by atoms with E-state index in [0.717, 1.165) is 6.66 Å². The van der Waals surface area contributed by atoms with Crippen molar-refractivity contribution in [3.05, 3.63) is 0 Å². The smallest absolute Gasteiger partial charge is 0.324 e. The highest BCUT2D eigenvalue weighted by molar-refractivity contribution is 7.52. The zero-order valence-electron chi connectivity index (χ0n) is 5.67. The summed E-state index contributed by atoms with van der Waals surface area (Å²) in [6, 6.07) is 0. The Morgan fingerprint density at radius 2 is 1.82 bits per heavy atom. The summed E-state index contributed by atoms with van der Waals surface area (Å²) in [7, 11) is -7.93. The lowest BCUT2D eigenvalue weighted by Crippen LogP contribution is -2.14. The van der Waals surface area contributed by atoms with Gasteiger partial charge >= 0.3 is 15.2 Å². The first-order valence-corrected chi connectivity index (χ1v) is 6.29. The molecule has 0 heterocycles. The van der Waals surface area contributed by atoms with Gasteiger partial charge in [-0.1, -0.05) is 0 Å². The third kappa shape index (κ3) is 10.3. The molecule has 4 N–H and O–H groups in total. The molecule has 0 rings (SSSR count). The first kappa shape index (κ1) is 11.3. The van der Waals surface area contributed by atoms with Crippen LogP contribution in [0.2, 0.25) is 0 Å². The van der Waals surface area contributed by atoms with Crippen LogP contribution in [-0.4, -0.2) is 27.6 Å². The van der Waals surface area contributed by atoms with Gasteiger partial charge < -0.3 is 14.7 Å².